The molecule has 2 aliphatic rings. The molecule has 19 heavy (non-hydrogen) atoms. The van der Waals surface area contributed by atoms with Crippen LogP contribution in [0.4, 0.5) is 0 Å². The third-order valence-electron chi connectivity index (χ3n) is 4.01. The lowest BCUT2D eigenvalue weighted by Gasteiger charge is -2.23. The molecule has 2 atom stereocenters. The zero-order valence-corrected chi connectivity index (χ0v) is 11.4. The standard InChI is InChI=1S/C15H22N2O2/c1-16-15(12-5-6-17-10-12)11-3-4-13-14(9-11)19-8-2-7-18-13/h3-4,9,12,15-17H,2,5-8,10H2,1H3. The Kier molecular flexibility index (Phi) is 3.89. The summed E-state index contributed by atoms with van der Waals surface area (Å²) in [7, 11) is 2.03. The molecular weight excluding hydrogens is 240 g/mol. The molecule has 0 aromatic heterocycles. The maximum atomic E-state index is 5.78. The van der Waals surface area contributed by atoms with Crippen LogP contribution in [0.3, 0.4) is 0 Å². The van der Waals surface area contributed by atoms with Crippen molar-refractivity contribution in [3.05, 3.63) is 23.8 Å². The number of hydrogen-bond acceptors (Lipinski definition) is 4. The normalized spacial score (nSPS) is 23.9. The van der Waals surface area contributed by atoms with Crippen molar-refractivity contribution in [2.24, 2.45) is 5.92 Å². The van der Waals surface area contributed by atoms with Crippen LogP contribution in [0.2, 0.25) is 0 Å². The molecule has 1 saturated heterocycles. The first kappa shape index (κ1) is 12.8. The Morgan fingerprint density at radius 1 is 1.26 bits per heavy atom. The molecule has 0 amide bonds. The van der Waals surface area contributed by atoms with Gasteiger partial charge < -0.3 is 20.1 Å². The van der Waals surface area contributed by atoms with Crippen molar-refractivity contribution >= 4 is 0 Å². The molecule has 4 heteroatoms. The zero-order valence-electron chi connectivity index (χ0n) is 11.4. The van der Waals surface area contributed by atoms with Crippen LogP contribution in [0.1, 0.15) is 24.4 Å². The molecule has 104 valence electrons. The Labute approximate surface area is 114 Å². The molecule has 2 heterocycles. The molecular formula is C15H22N2O2. The van der Waals surface area contributed by atoms with Gasteiger partial charge in [0.05, 0.1) is 13.2 Å². The minimum atomic E-state index is 0.382. The fourth-order valence-corrected chi connectivity index (χ4v) is 3.01. The van der Waals surface area contributed by atoms with E-state index in [1.807, 2.05) is 13.1 Å². The molecule has 0 saturated carbocycles. The summed E-state index contributed by atoms with van der Waals surface area (Å²) in [6, 6.07) is 6.72. The second-order valence-electron chi connectivity index (χ2n) is 5.28. The summed E-state index contributed by atoms with van der Waals surface area (Å²) in [6.07, 6.45) is 2.17. The number of hydrogen-bond donors (Lipinski definition) is 2. The summed E-state index contributed by atoms with van der Waals surface area (Å²) < 4.78 is 11.5. The van der Waals surface area contributed by atoms with Crippen molar-refractivity contribution in [2.75, 3.05) is 33.4 Å². The largest absolute Gasteiger partial charge is 0.490 e. The van der Waals surface area contributed by atoms with Gasteiger partial charge in [0.1, 0.15) is 0 Å². The van der Waals surface area contributed by atoms with Gasteiger partial charge in [0.15, 0.2) is 11.5 Å². The number of fused-ring (bicyclic) bond motifs is 1. The summed E-state index contributed by atoms with van der Waals surface area (Å²) in [5, 5.41) is 6.88. The van der Waals surface area contributed by atoms with Crippen molar-refractivity contribution in [1.29, 1.82) is 0 Å². The molecule has 1 fully saturated rings. The van der Waals surface area contributed by atoms with Crippen LogP contribution in [0.5, 0.6) is 11.5 Å². The van der Waals surface area contributed by atoms with Gasteiger partial charge in [-0.2, -0.15) is 0 Å². The van der Waals surface area contributed by atoms with E-state index >= 15 is 0 Å². The van der Waals surface area contributed by atoms with Gasteiger partial charge in [-0.1, -0.05) is 6.07 Å². The Morgan fingerprint density at radius 2 is 2.11 bits per heavy atom. The Bertz CT molecular complexity index is 430. The first-order valence-corrected chi connectivity index (χ1v) is 7.16. The van der Waals surface area contributed by atoms with Gasteiger partial charge in [-0.25, -0.2) is 0 Å². The number of benzene rings is 1. The van der Waals surface area contributed by atoms with Gasteiger partial charge >= 0.3 is 0 Å². The summed E-state index contributed by atoms with van der Waals surface area (Å²) in [6.45, 7) is 3.69. The molecule has 4 nitrogen and oxygen atoms in total. The molecule has 2 unspecified atom stereocenters. The molecule has 0 spiro atoms. The van der Waals surface area contributed by atoms with Gasteiger partial charge in [-0.15, -0.1) is 0 Å². The lowest BCUT2D eigenvalue weighted by molar-refractivity contribution is 0.296. The highest BCUT2D eigenvalue weighted by molar-refractivity contribution is 5.44. The second-order valence-corrected chi connectivity index (χ2v) is 5.28. The van der Waals surface area contributed by atoms with Crippen LogP contribution in [0.15, 0.2) is 18.2 Å². The van der Waals surface area contributed by atoms with Gasteiger partial charge in [0.25, 0.3) is 0 Å². The quantitative estimate of drug-likeness (QED) is 0.870. The first-order valence-electron chi connectivity index (χ1n) is 7.16. The summed E-state index contributed by atoms with van der Waals surface area (Å²) in [4.78, 5) is 0. The maximum Gasteiger partial charge on any atom is 0.161 e. The van der Waals surface area contributed by atoms with Crippen LogP contribution in [-0.4, -0.2) is 33.4 Å². The van der Waals surface area contributed by atoms with Crippen LogP contribution < -0.4 is 20.1 Å². The fraction of sp³-hybridized carbons (Fsp3) is 0.600. The second kappa shape index (κ2) is 5.80. The minimum Gasteiger partial charge on any atom is -0.490 e. The summed E-state index contributed by atoms with van der Waals surface area (Å²) in [5.74, 6) is 2.41. The Hall–Kier alpha value is -1.26. The number of ether oxygens (including phenoxy) is 2. The van der Waals surface area contributed by atoms with E-state index in [0.717, 1.165) is 44.2 Å². The SMILES string of the molecule is CNC(c1ccc2c(c1)OCCCO2)C1CCNC1. The predicted molar refractivity (Wildman–Crippen MR) is 74.8 cm³/mol. The van der Waals surface area contributed by atoms with E-state index < -0.39 is 0 Å². The van der Waals surface area contributed by atoms with E-state index in [1.54, 1.807) is 0 Å². The van der Waals surface area contributed by atoms with Gasteiger partial charge in [0.2, 0.25) is 0 Å². The van der Waals surface area contributed by atoms with Crippen molar-refractivity contribution in [3.8, 4) is 11.5 Å². The molecule has 0 radical (unpaired) electrons. The molecule has 3 rings (SSSR count). The molecule has 1 aromatic carbocycles. The zero-order chi connectivity index (χ0) is 13.1. The van der Waals surface area contributed by atoms with Gasteiger partial charge in [0, 0.05) is 12.5 Å². The lowest BCUT2D eigenvalue weighted by Crippen LogP contribution is -2.26. The fourth-order valence-electron chi connectivity index (χ4n) is 3.01. The molecule has 1 aromatic rings. The Balaban J connectivity index is 1.85. The summed E-state index contributed by atoms with van der Waals surface area (Å²) >= 11 is 0. The van der Waals surface area contributed by atoms with Crippen LogP contribution >= 0.6 is 0 Å². The van der Waals surface area contributed by atoms with Crippen molar-refractivity contribution in [3.63, 3.8) is 0 Å². The average molecular weight is 262 g/mol. The van der Waals surface area contributed by atoms with E-state index in [4.69, 9.17) is 9.47 Å². The van der Waals surface area contributed by atoms with E-state index in [9.17, 15) is 0 Å². The predicted octanol–water partition coefficient (Wildman–Crippen LogP) is 1.72. The van der Waals surface area contributed by atoms with E-state index in [0.29, 0.717) is 12.0 Å². The highest BCUT2D eigenvalue weighted by atomic mass is 16.5. The number of rotatable bonds is 3. The van der Waals surface area contributed by atoms with Gasteiger partial charge in [-0.3, -0.25) is 0 Å². The minimum absolute atomic E-state index is 0.382. The summed E-state index contributed by atoms with van der Waals surface area (Å²) in [5.41, 5.74) is 1.29. The third kappa shape index (κ3) is 2.69. The van der Waals surface area contributed by atoms with E-state index in [1.165, 1.54) is 12.0 Å². The number of nitrogens with one attached hydrogen (secondary N) is 2. The Morgan fingerprint density at radius 3 is 2.84 bits per heavy atom. The van der Waals surface area contributed by atoms with Crippen LogP contribution in [0.25, 0.3) is 0 Å². The maximum absolute atomic E-state index is 5.78. The molecule has 0 aliphatic carbocycles. The molecule has 2 N–H and O–H groups in total. The van der Waals surface area contributed by atoms with Gasteiger partial charge in [-0.05, 0) is 50.2 Å². The monoisotopic (exact) mass is 262 g/mol. The highest BCUT2D eigenvalue weighted by Crippen LogP contribution is 2.35. The van der Waals surface area contributed by atoms with Crippen molar-refractivity contribution < 1.29 is 9.47 Å². The van der Waals surface area contributed by atoms with Crippen molar-refractivity contribution in [2.45, 2.75) is 18.9 Å². The highest BCUT2D eigenvalue weighted by Gasteiger charge is 2.26. The molecule has 2 aliphatic heterocycles. The van der Waals surface area contributed by atoms with E-state index in [2.05, 4.69) is 22.8 Å². The van der Waals surface area contributed by atoms with Crippen LogP contribution in [-0.2, 0) is 0 Å². The smallest absolute Gasteiger partial charge is 0.161 e. The molecule has 0 bridgehead atoms. The van der Waals surface area contributed by atoms with E-state index in [-0.39, 0.29) is 0 Å². The first-order chi connectivity index (χ1) is 9.38. The average Bonchev–Trinajstić information content (AvgIpc) is 2.85. The van der Waals surface area contributed by atoms with Crippen molar-refractivity contribution in [1.82, 2.24) is 10.6 Å². The topological polar surface area (TPSA) is 42.5 Å². The van der Waals surface area contributed by atoms with Crippen LogP contribution in [0, 0.1) is 5.92 Å². The third-order valence-corrected chi connectivity index (χ3v) is 4.01. The lowest BCUT2D eigenvalue weighted by atomic mass is 9.92.